The molecule has 0 saturated carbocycles. The normalized spacial score (nSPS) is 11.1. The maximum Gasteiger partial charge on any atom is 0.387 e. The van der Waals surface area contributed by atoms with Crippen LogP contribution in [0.1, 0.15) is 33.3 Å². The molecule has 0 aliphatic heterocycles. The first-order chi connectivity index (χ1) is 13.2. The highest BCUT2D eigenvalue weighted by atomic mass is 32.1. The Kier molecular flexibility index (Phi) is 7.11. The van der Waals surface area contributed by atoms with Crippen LogP contribution in [0.4, 0.5) is 13.8 Å². The Morgan fingerprint density at radius 3 is 2.61 bits per heavy atom. The summed E-state index contributed by atoms with van der Waals surface area (Å²) in [5.41, 5.74) is 6.95. The van der Waals surface area contributed by atoms with Crippen LogP contribution in [0.3, 0.4) is 0 Å². The lowest BCUT2D eigenvalue weighted by atomic mass is 10.1. The smallest absolute Gasteiger partial charge is 0.387 e. The minimum atomic E-state index is -2.97. The summed E-state index contributed by atoms with van der Waals surface area (Å²) in [5, 5.41) is 3.02. The standard InChI is InChI=1S/C19H20F2N2O4S/c1-4-26-14-9-12(5-7-13(14)27-19(20)21)6-8-15(24)23-18-16(17(22)25)10(2)11(3)28-18/h5-9,19H,4H2,1-3H3,(H2,22,25)(H,23,24)/b8-6+. The molecule has 1 aromatic carbocycles. The Morgan fingerprint density at radius 2 is 2.00 bits per heavy atom. The fourth-order valence-electron chi connectivity index (χ4n) is 2.43. The summed E-state index contributed by atoms with van der Waals surface area (Å²) in [6, 6.07) is 4.34. The minimum Gasteiger partial charge on any atom is -0.490 e. The van der Waals surface area contributed by atoms with Crippen LogP contribution in [0.5, 0.6) is 11.5 Å². The SMILES string of the molecule is CCOc1cc(/C=C/C(=O)Nc2sc(C)c(C)c2C(N)=O)ccc1OC(F)F. The van der Waals surface area contributed by atoms with Crippen molar-refractivity contribution in [2.75, 3.05) is 11.9 Å². The molecule has 2 aromatic rings. The van der Waals surface area contributed by atoms with Crippen molar-refractivity contribution in [3.8, 4) is 11.5 Å². The van der Waals surface area contributed by atoms with Gasteiger partial charge in [-0.05, 0) is 50.1 Å². The quantitative estimate of drug-likeness (QED) is 0.641. The summed E-state index contributed by atoms with van der Waals surface area (Å²) in [7, 11) is 0. The molecule has 0 aliphatic rings. The molecule has 2 amide bonds. The van der Waals surface area contributed by atoms with Gasteiger partial charge in [-0.1, -0.05) is 6.07 Å². The predicted octanol–water partition coefficient (Wildman–Crippen LogP) is 4.12. The first kappa shape index (κ1) is 21.4. The molecule has 3 N–H and O–H groups in total. The first-order valence-corrected chi connectivity index (χ1v) is 9.15. The van der Waals surface area contributed by atoms with Gasteiger partial charge in [-0.2, -0.15) is 8.78 Å². The monoisotopic (exact) mass is 410 g/mol. The van der Waals surface area contributed by atoms with Gasteiger partial charge >= 0.3 is 6.61 Å². The van der Waals surface area contributed by atoms with Gasteiger partial charge in [0.1, 0.15) is 5.00 Å². The van der Waals surface area contributed by atoms with Gasteiger partial charge < -0.3 is 20.5 Å². The molecule has 0 fully saturated rings. The number of nitrogens with two attached hydrogens (primary N) is 1. The minimum absolute atomic E-state index is 0.0888. The average Bonchev–Trinajstić information content (AvgIpc) is 2.88. The molecular formula is C19H20F2N2O4S. The number of alkyl halides is 2. The van der Waals surface area contributed by atoms with Gasteiger partial charge in [0.15, 0.2) is 11.5 Å². The zero-order chi connectivity index (χ0) is 20.8. The number of rotatable bonds is 8. The van der Waals surface area contributed by atoms with Gasteiger partial charge in [0.05, 0.1) is 12.2 Å². The lowest BCUT2D eigenvalue weighted by Gasteiger charge is -2.11. The second-order valence-corrected chi connectivity index (χ2v) is 6.92. The molecule has 0 bridgehead atoms. The van der Waals surface area contributed by atoms with E-state index in [1.54, 1.807) is 13.8 Å². The number of nitrogens with one attached hydrogen (secondary N) is 1. The molecule has 0 aliphatic carbocycles. The fraction of sp³-hybridized carbons (Fsp3) is 0.263. The molecule has 1 aromatic heterocycles. The highest BCUT2D eigenvalue weighted by molar-refractivity contribution is 7.16. The Morgan fingerprint density at radius 1 is 1.29 bits per heavy atom. The number of hydrogen-bond acceptors (Lipinski definition) is 5. The first-order valence-electron chi connectivity index (χ1n) is 8.33. The summed E-state index contributed by atoms with van der Waals surface area (Å²) in [6.07, 6.45) is 2.75. The van der Waals surface area contributed by atoms with Crippen LogP contribution in [0, 0.1) is 13.8 Å². The van der Waals surface area contributed by atoms with Crippen molar-refractivity contribution in [3.05, 3.63) is 45.8 Å². The summed E-state index contributed by atoms with van der Waals surface area (Å²) < 4.78 is 34.6. The highest BCUT2D eigenvalue weighted by Crippen LogP contribution is 2.32. The Balaban J connectivity index is 2.17. The number of carbonyl (C=O) groups is 2. The van der Waals surface area contributed by atoms with E-state index in [1.807, 2.05) is 6.92 Å². The molecule has 9 heteroatoms. The van der Waals surface area contributed by atoms with Gasteiger partial charge in [0.25, 0.3) is 5.91 Å². The molecule has 28 heavy (non-hydrogen) atoms. The lowest BCUT2D eigenvalue weighted by molar-refractivity contribution is -0.111. The second kappa shape index (κ2) is 9.32. The molecule has 0 spiro atoms. The average molecular weight is 410 g/mol. The topological polar surface area (TPSA) is 90.6 Å². The second-order valence-electron chi connectivity index (χ2n) is 5.69. The highest BCUT2D eigenvalue weighted by Gasteiger charge is 2.18. The van der Waals surface area contributed by atoms with Crippen LogP contribution in [0.25, 0.3) is 6.08 Å². The number of anilines is 1. The van der Waals surface area contributed by atoms with Crippen LogP contribution in [0.15, 0.2) is 24.3 Å². The molecule has 2 rings (SSSR count). The van der Waals surface area contributed by atoms with Crippen molar-refractivity contribution in [2.45, 2.75) is 27.4 Å². The summed E-state index contributed by atoms with van der Waals surface area (Å²) in [4.78, 5) is 24.7. The van der Waals surface area contributed by atoms with E-state index in [1.165, 1.54) is 41.7 Å². The Hall–Kier alpha value is -2.94. The third kappa shape index (κ3) is 5.29. The molecule has 150 valence electrons. The van der Waals surface area contributed by atoms with Crippen molar-refractivity contribution in [1.82, 2.24) is 0 Å². The number of benzene rings is 1. The third-order valence-electron chi connectivity index (χ3n) is 3.78. The number of amides is 2. The molecule has 1 heterocycles. The summed E-state index contributed by atoms with van der Waals surface area (Å²) >= 11 is 1.26. The van der Waals surface area contributed by atoms with E-state index in [9.17, 15) is 18.4 Å². The Bertz CT molecular complexity index is 910. The fourth-order valence-corrected chi connectivity index (χ4v) is 3.50. The number of primary amides is 1. The summed E-state index contributed by atoms with van der Waals surface area (Å²) in [5.74, 6) is -1.02. The number of ether oxygens (including phenoxy) is 2. The number of hydrogen-bond donors (Lipinski definition) is 2. The number of thiophene rings is 1. The molecule has 0 unspecified atom stereocenters. The van der Waals surface area contributed by atoms with Gasteiger partial charge in [0.2, 0.25) is 5.91 Å². The van der Waals surface area contributed by atoms with Gasteiger partial charge in [-0.15, -0.1) is 11.3 Å². The van der Waals surface area contributed by atoms with Crippen molar-refractivity contribution in [1.29, 1.82) is 0 Å². The lowest BCUT2D eigenvalue weighted by Crippen LogP contribution is -2.16. The maximum absolute atomic E-state index is 12.4. The largest absolute Gasteiger partial charge is 0.490 e. The predicted molar refractivity (Wildman–Crippen MR) is 104 cm³/mol. The van der Waals surface area contributed by atoms with E-state index in [0.717, 1.165) is 10.4 Å². The third-order valence-corrected chi connectivity index (χ3v) is 4.90. The van der Waals surface area contributed by atoms with Crippen LogP contribution in [0.2, 0.25) is 0 Å². The molecular weight excluding hydrogens is 390 g/mol. The van der Waals surface area contributed by atoms with Crippen LogP contribution in [-0.2, 0) is 4.79 Å². The van der Waals surface area contributed by atoms with Gasteiger partial charge in [-0.3, -0.25) is 9.59 Å². The van der Waals surface area contributed by atoms with Crippen LogP contribution in [-0.4, -0.2) is 25.0 Å². The van der Waals surface area contributed by atoms with Gasteiger partial charge in [0, 0.05) is 11.0 Å². The van der Waals surface area contributed by atoms with E-state index in [2.05, 4.69) is 10.1 Å². The number of aryl methyl sites for hydroxylation is 1. The van der Waals surface area contributed by atoms with Crippen molar-refractivity contribution >= 4 is 34.2 Å². The maximum atomic E-state index is 12.4. The van der Waals surface area contributed by atoms with E-state index >= 15 is 0 Å². The Labute approximate surface area is 164 Å². The summed E-state index contributed by atoms with van der Waals surface area (Å²) in [6.45, 7) is 2.60. The molecule has 6 nitrogen and oxygen atoms in total. The number of carbonyl (C=O) groups excluding carboxylic acids is 2. The van der Waals surface area contributed by atoms with E-state index in [-0.39, 0.29) is 23.7 Å². The molecule has 0 atom stereocenters. The van der Waals surface area contributed by atoms with E-state index < -0.39 is 18.4 Å². The van der Waals surface area contributed by atoms with E-state index in [0.29, 0.717) is 10.6 Å². The molecule has 0 radical (unpaired) electrons. The van der Waals surface area contributed by atoms with Gasteiger partial charge in [-0.25, -0.2) is 0 Å². The molecule has 0 saturated heterocycles. The van der Waals surface area contributed by atoms with Crippen molar-refractivity contribution < 1.29 is 27.8 Å². The van der Waals surface area contributed by atoms with Crippen molar-refractivity contribution in [2.24, 2.45) is 5.73 Å². The van der Waals surface area contributed by atoms with Crippen molar-refractivity contribution in [3.63, 3.8) is 0 Å². The van der Waals surface area contributed by atoms with Crippen LogP contribution < -0.4 is 20.5 Å². The zero-order valence-electron chi connectivity index (χ0n) is 15.5. The zero-order valence-corrected chi connectivity index (χ0v) is 16.4. The van der Waals surface area contributed by atoms with Crippen LogP contribution >= 0.6 is 11.3 Å². The van der Waals surface area contributed by atoms with E-state index in [4.69, 9.17) is 10.5 Å². The number of halogens is 2.